The van der Waals surface area contributed by atoms with Gasteiger partial charge in [-0.2, -0.15) is 5.09 Å². The Morgan fingerprint density at radius 3 is 2.61 bits per heavy atom. The van der Waals surface area contributed by atoms with Crippen molar-refractivity contribution in [1.82, 2.24) is 5.09 Å². The summed E-state index contributed by atoms with van der Waals surface area (Å²) in [4.78, 5) is 12.5. The number of carbonyl (C=O) groups excluding carboxylic acids is 1. The predicted octanol–water partition coefficient (Wildman–Crippen LogP) is 4.18. The molecule has 168 valence electrons. The van der Waals surface area contributed by atoms with Crippen molar-refractivity contribution >= 4 is 24.5 Å². The molecular weight excluding hydrogens is 421 g/mol. The van der Waals surface area contributed by atoms with Crippen molar-refractivity contribution < 1.29 is 32.6 Å². The van der Waals surface area contributed by atoms with Gasteiger partial charge in [-0.05, 0) is 44.1 Å². The van der Waals surface area contributed by atoms with Gasteiger partial charge in [0.25, 0.3) is 0 Å². The van der Waals surface area contributed by atoms with E-state index in [1.165, 1.54) is 0 Å². The zero-order valence-electron chi connectivity index (χ0n) is 17.5. The minimum Gasteiger partial charge on any atom is -0.461 e. The topological polar surface area (TPSA) is 92.3 Å². The van der Waals surface area contributed by atoms with Gasteiger partial charge in [-0.15, -0.1) is 0 Å². The third-order valence-corrected chi connectivity index (χ3v) is 6.96. The maximum absolute atomic E-state index is 13.7. The number of ether oxygens (including phenoxy) is 3. The Hall–Kier alpha value is -1.96. The van der Waals surface area contributed by atoms with Gasteiger partial charge in [0, 0.05) is 5.39 Å². The second-order valence-electron chi connectivity index (χ2n) is 7.73. The first kappa shape index (κ1) is 22.2. The second-order valence-corrected chi connectivity index (χ2v) is 9.42. The minimum absolute atomic E-state index is 0.0867. The summed E-state index contributed by atoms with van der Waals surface area (Å²) in [6.45, 7) is 2.38. The Kier molecular flexibility index (Phi) is 7.25. The lowest BCUT2D eigenvalue weighted by atomic mass is 10.1. The van der Waals surface area contributed by atoms with Gasteiger partial charge in [-0.25, -0.2) is 4.57 Å². The van der Waals surface area contributed by atoms with Gasteiger partial charge in [0.1, 0.15) is 24.5 Å². The highest BCUT2D eigenvalue weighted by Crippen LogP contribution is 2.47. The van der Waals surface area contributed by atoms with Crippen LogP contribution in [0.25, 0.3) is 10.8 Å². The quantitative estimate of drug-likeness (QED) is 0.450. The lowest BCUT2D eigenvalue weighted by Crippen LogP contribution is -2.37. The molecule has 31 heavy (non-hydrogen) atoms. The van der Waals surface area contributed by atoms with Crippen LogP contribution in [0.2, 0.25) is 0 Å². The van der Waals surface area contributed by atoms with Crippen LogP contribution in [0.4, 0.5) is 0 Å². The Bertz CT molecular complexity index is 935. The highest BCUT2D eigenvalue weighted by molar-refractivity contribution is 7.52. The third-order valence-electron chi connectivity index (χ3n) is 5.33. The lowest BCUT2D eigenvalue weighted by Gasteiger charge is -2.25. The molecule has 0 aromatic heterocycles. The van der Waals surface area contributed by atoms with Gasteiger partial charge in [0.05, 0.1) is 13.2 Å². The van der Waals surface area contributed by atoms with E-state index in [4.69, 9.17) is 23.3 Å². The molecule has 1 aliphatic carbocycles. The SMILES string of the molecule is C[C@H](NP(=O)(OCC1OCCO1)Oc1cccc2ccccc12)C(=O)OC1CCCC1. The molecule has 0 amide bonds. The molecule has 2 fully saturated rings. The second kappa shape index (κ2) is 10.1. The zero-order valence-corrected chi connectivity index (χ0v) is 18.4. The van der Waals surface area contributed by atoms with E-state index in [1.54, 1.807) is 13.0 Å². The fourth-order valence-electron chi connectivity index (χ4n) is 3.72. The molecule has 2 atom stereocenters. The van der Waals surface area contributed by atoms with Crippen LogP contribution >= 0.6 is 7.75 Å². The largest absolute Gasteiger partial charge is 0.461 e. The van der Waals surface area contributed by atoms with Crippen LogP contribution in [0.3, 0.4) is 0 Å². The Morgan fingerprint density at radius 2 is 1.84 bits per heavy atom. The number of rotatable bonds is 9. The van der Waals surface area contributed by atoms with E-state index in [1.807, 2.05) is 36.4 Å². The van der Waals surface area contributed by atoms with Gasteiger partial charge in [0.15, 0.2) is 6.29 Å². The van der Waals surface area contributed by atoms with Crippen LogP contribution in [-0.2, 0) is 28.1 Å². The predicted molar refractivity (Wildman–Crippen MR) is 115 cm³/mol. The van der Waals surface area contributed by atoms with Crippen molar-refractivity contribution in [2.45, 2.75) is 51.0 Å². The van der Waals surface area contributed by atoms with Crippen LogP contribution in [0.5, 0.6) is 5.75 Å². The highest BCUT2D eigenvalue weighted by Gasteiger charge is 2.35. The molecule has 0 spiro atoms. The number of nitrogens with one attached hydrogen (secondary N) is 1. The van der Waals surface area contributed by atoms with E-state index in [0.717, 1.165) is 36.5 Å². The number of hydrogen-bond acceptors (Lipinski definition) is 7. The Morgan fingerprint density at radius 1 is 1.13 bits per heavy atom. The third kappa shape index (κ3) is 5.84. The molecule has 0 bridgehead atoms. The lowest BCUT2D eigenvalue weighted by molar-refractivity contribution is -0.150. The average Bonchev–Trinajstić information content (AvgIpc) is 3.47. The van der Waals surface area contributed by atoms with Gasteiger partial charge < -0.3 is 18.7 Å². The first-order valence-corrected chi connectivity index (χ1v) is 12.2. The van der Waals surface area contributed by atoms with E-state index in [0.29, 0.717) is 19.0 Å². The molecule has 2 aromatic carbocycles. The van der Waals surface area contributed by atoms with Crippen molar-refractivity contribution in [2.24, 2.45) is 0 Å². The molecule has 2 aromatic rings. The fraction of sp³-hybridized carbons (Fsp3) is 0.500. The van der Waals surface area contributed by atoms with Crippen LogP contribution < -0.4 is 9.61 Å². The van der Waals surface area contributed by atoms with Gasteiger partial charge in [0.2, 0.25) is 0 Å². The summed E-state index contributed by atoms with van der Waals surface area (Å²) in [7, 11) is -3.96. The normalized spacial score (nSPS) is 20.5. The first-order valence-electron chi connectivity index (χ1n) is 10.7. The first-order chi connectivity index (χ1) is 15.0. The van der Waals surface area contributed by atoms with Crippen LogP contribution in [0.1, 0.15) is 32.6 Å². The minimum atomic E-state index is -3.96. The fourth-order valence-corrected chi connectivity index (χ4v) is 5.22. The zero-order chi connectivity index (χ0) is 21.7. The number of carbonyl (C=O) groups is 1. The molecular formula is C22H28NO7P. The van der Waals surface area contributed by atoms with Gasteiger partial charge in [-0.1, -0.05) is 36.4 Å². The summed E-state index contributed by atoms with van der Waals surface area (Å²) in [5.74, 6) is -0.0934. The van der Waals surface area contributed by atoms with Crippen LogP contribution in [0, 0.1) is 0 Å². The van der Waals surface area contributed by atoms with Gasteiger partial charge in [-0.3, -0.25) is 9.32 Å². The average molecular weight is 449 g/mol. The monoisotopic (exact) mass is 449 g/mol. The number of fused-ring (bicyclic) bond motifs is 1. The van der Waals surface area contributed by atoms with Crippen molar-refractivity contribution in [3.8, 4) is 5.75 Å². The summed E-state index contributed by atoms with van der Waals surface area (Å²) < 4.78 is 41.4. The Labute approximate surface area is 181 Å². The van der Waals surface area contributed by atoms with Crippen LogP contribution in [0.15, 0.2) is 42.5 Å². The summed E-state index contributed by atoms with van der Waals surface area (Å²) in [6.07, 6.45) is 3.09. The summed E-state index contributed by atoms with van der Waals surface area (Å²) in [6, 6.07) is 12.2. The molecule has 1 saturated heterocycles. The summed E-state index contributed by atoms with van der Waals surface area (Å²) in [5.41, 5.74) is 0. The van der Waals surface area contributed by atoms with E-state index in [2.05, 4.69) is 5.09 Å². The van der Waals surface area contributed by atoms with E-state index >= 15 is 0 Å². The molecule has 8 nitrogen and oxygen atoms in total. The molecule has 9 heteroatoms. The maximum atomic E-state index is 13.7. The van der Waals surface area contributed by atoms with E-state index in [9.17, 15) is 9.36 Å². The van der Waals surface area contributed by atoms with Gasteiger partial charge >= 0.3 is 13.7 Å². The number of esters is 1. The summed E-state index contributed by atoms with van der Waals surface area (Å²) in [5, 5.41) is 4.45. The summed E-state index contributed by atoms with van der Waals surface area (Å²) >= 11 is 0. The van der Waals surface area contributed by atoms with Crippen LogP contribution in [-0.4, -0.2) is 44.2 Å². The van der Waals surface area contributed by atoms with Crippen molar-refractivity contribution in [3.05, 3.63) is 42.5 Å². The molecule has 1 saturated carbocycles. The molecule has 2 aliphatic rings. The van der Waals surface area contributed by atoms with Crippen molar-refractivity contribution in [3.63, 3.8) is 0 Å². The van der Waals surface area contributed by atoms with Crippen molar-refractivity contribution in [1.29, 1.82) is 0 Å². The highest BCUT2D eigenvalue weighted by atomic mass is 31.2. The molecule has 1 aliphatic heterocycles. The molecule has 4 rings (SSSR count). The smallest absolute Gasteiger partial charge is 0.459 e. The standard InChI is InChI=1S/C22H28NO7P/c1-16(22(24)29-18-9-3-4-10-18)23-31(25,28-15-21-26-13-14-27-21)30-20-12-6-8-17-7-2-5-11-19(17)20/h2,5-8,11-12,16,18,21H,3-4,9-10,13-15H2,1H3,(H,23,25)/t16-,31?/m0/s1. The van der Waals surface area contributed by atoms with Crippen molar-refractivity contribution in [2.75, 3.05) is 19.8 Å². The Balaban J connectivity index is 1.50. The number of benzene rings is 2. The molecule has 1 unspecified atom stereocenters. The van der Waals surface area contributed by atoms with E-state index < -0.39 is 26.0 Å². The molecule has 0 radical (unpaired) electrons. The maximum Gasteiger partial charge on any atom is 0.459 e. The van der Waals surface area contributed by atoms with E-state index in [-0.39, 0.29) is 12.7 Å². The molecule has 1 heterocycles. The molecule has 1 N–H and O–H groups in total. The number of hydrogen-bond donors (Lipinski definition) is 1.